The molecule has 0 bridgehead atoms. The number of rotatable bonds is 8. The lowest BCUT2D eigenvalue weighted by atomic mass is 9.89. The summed E-state index contributed by atoms with van der Waals surface area (Å²) in [5.41, 5.74) is 2.41. The number of esters is 1. The van der Waals surface area contributed by atoms with E-state index in [0.29, 0.717) is 31.3 Å². The molecule has 0 unspecified atom stereocenters. The molecule has 0 fully saturated rings. The predicted octanol–water partition coefficient (Wildman–Crippen LogP) is 3.20. The van der Waals surface area contributed by atoms with Crippen LogP contribution < -0.4 is 9.64 Å². The number of imidazole rings is 1. The third kappa shape index (κ3) is 3.82. The van der Waals surface area contributed by atoms with Gasteiger partial charge >= 0.3 is 5.97 Å². The fourth-order valence-corrected chi connectivity index (χ4v) is 4.23. The van der Waals surface area contributed by atoms with Crippen LogP contribution in [0.5, 0.6) is 5.75 Å². The molecule has 1 amide bonds. The third-order valence-electron chi connectivity index (χ3n) is 5.67. The Bertz CT molecular complexity index is 1110. The molecule has 0 radical (unpaired) electrons. The SMILES string of the molecule is CCOC(=O)[C@@H]1C(=O)N(CCCOC)c2nc3ccccc3n2[C@H]1c1ccc(OC)cc1. The van der Waals surface area contributed by atoms with Crippen molar-refractivity contribution in [3.63, 3.8) is 0 Å². The smallest absolute Gasteiger partial charge is 0.321 e. The quantitative estimate of drug-likeness (QED) is 0.306. The molecule has 32 heavy (non-hydrogen) atoms. The molecule has 1 aliphatic heterocycles. The Labute approximate surface area is 186 Å². The fraction of sp³-hybridized carbons (Fsp3) is 0.375. The predicted molar refractivity (Wildman–Crippen MR) is 120 cm³/mol. The molecule has 4 rings (SSSR count). The second-order valence-electron chi connectivity index (χ2n) is 7.55. The summed E-state index contributed by atoms with van der Waals surface area (Å²) in [4.78, 5) is 33.1. The second kappa shape index (κ2) is 9.40. The molecule has 168 valence electrons. The van der Waals surface area contributed by atoms with Crippen LogP contribution in [0.4, 0.5) is 5.95 Å². The molecule has 2 heterocycles. The van der Waals surface area contributed by atoms with Gasteiger partial charge < -0.3 is 18.8 Å². The highest BCUT2D eigenvalue weighted by Gasteiger charge is 2.47. The number of hydrogen-bond donors (Lipinski definition) is 0. The lowest BCUT2D eigenvalue weighted by Gasteiger charge is -2.38. The van der Waals surface area contributed by atoms with Gasteiger partial charge in [-0.3, -0.25) is 14.5 Å². The van der Waals surface area contributed by atoms with Crippen molar-refractivity contribution in [3.8, 4) is 5.75 Å². The van der Waals surface area contributed by atoms with Gasteiger partial charge in [-0.05, 0) is 43.2 Å². The molecule has 0 aliphatic carbocycles. The Kier molecular flexibility index (Phi) is 6.41. The first kappa shape index (κ1) is 21.8. The van der Waals surface area contributed by atoms with Gasteiger partial charge in [0.25, 0.3) is 0 Å². The molecular formula is C24H27N3O5. The fourth-order valence-electron chi connectivity index (χ4n) is 4.23. The van der Waals surface area contributed by atoms with Crippen LogP contribution in [0.3, 0.4) is 0 Å². The maximum atomic E-state index is 13.7. The van der Waals surface area contributed by atoms with Gasteiger partial charge in [-0.1, -0.05) is 24.3 Å². The van der Waals surface area contributed by atoms with Gasteiger partial charge in [0.2, 0.25) is 11.9 Å². The number of aromatic nitrogens is 2. The molecule has 1 aliphatic rings. The van der Waals surface area contributed by atoms with E-state index in [4.69, 9.17) is 19.2 Å². The summed E-state index contributed by atoms with van der Waals surface area (Å²) < 4.78 is 17.8. The summed E-state index contributed by atoms with van der Waals surface area (Å²) in [6, 6.07) is 14.5. The van der Waals surface area contributed by atoms with Crippen molar-refractivity contribution in [2.24, 2.45) is 5.92 Å². The van der Waals surface area contributed by atoms with E-state index in [1.54, 1.807) is 26.0 Å². The van der Waals surface area contributed by atoms with Gasteiger partial charge in [0.05, 0.1) is 30.8 Å². The number of ether oxygens (including phenoxy) is 3. The average Bonchev–Trinajstić information content (AvgIpc) is 3.19. The number of benzene rings is 2. The number of carbonyl (C=O) groups is 2. The molecule has 2 atom stereocenters. The van der Waals surface area contributed by atoms with E-state index in [-0.39, 0.29) is 12.5 Å². The summed E-state index contributed by atoms with van der Waals surface area (Å²) >= 11 is 0. The van der Waals surface area contributed by atoms with Gasteiger partial charge in [0, 0.05) is 20.3 Å². The monoisotopic (exact) mass is 437 g/mol. The topological polar surface area (TPSA) is 82.9 Å². The van der Waals surface area contributed by atoms with Crippen molar-refractivity contribution in [2.75, 3.05) is 38.9 Å². The minimum absolute atomic E-state index is 0.194. The van der Waals surface area contributed by atoms with Crippen LogP contribution in [-0.2, 0) is 19.1 Å². The number of hydrogen-bond acceptors (Lipinski definition) is 6. The Balaban J connectivity index is 1.92. The largest absolute Gasteiger partial charge is 0.497 e. The van der Waals surface area contributed by atoms with Gasteiger partial charge in [0.15, 0.2) is 5.92 Å². The number of nitrogens with zero attached hydrogens (tertiary/aromatic N) is 3. The average molecular weight is 437 g/mol. The maximum Gasteiger partial charge on any atom is 0.321 e. The first-order valence-electron chi connectivity index (χ1n) is 10.7. The number of anilines is 1. The van der Waals surface area contributed by atoms with E-state index >= 15 is 0 Å². The molecule has 2 aromatic carbocycles. The van der Waals surface area contributed by atoms with Crippen molar-refractivity contribution in [2.45, 2.75) is 19.4 Å². The summed E-state index contributed by atoms with van der Waals surface area (Å²) in [5, 5.41) is 0. The van der Waals surface area contributed by atoms with Crippen molar-refractivity contribution < 1.29 is 23.8 Å². The van der Waals surface area contributed by atoms with Crippen LogP contribution >= 0.6 is 0 Å². The minimum Gasteiger partial charge on any atom is -0.497 e. The molecule has 0 N–H and O–H groups in total. The molecular weight excluding hydrogens is 410 g/mol. The number of carbonyl (C=O) groups excluding carboxylic acids is 2. The molecule has 1 aromatic heterocycles. The van der Waals surface area contributed by atoms with Crippen LogP contribution in [0.2, 0.25) is 0 Å². The summed E-state index contributed by atoms with van der Waals surface area (Å²) in [7, 11) is 3.22. The van der Waals surface area contributed by atoms with Gasteiger partial charge in [-0.25, -0.2) is 4.98 Å². The molecule has 0 spiro atoms. The molecule has 3 aromatic rings. The normalized spacial score (nSPS) is 18.0. The van der Waals surface area contributed by atoms with E-state index < -0.39 is 17.9 Å². The molecule has 0 saturated heterocycles. The Morgan fingerprint density at radius 1 is 1.09 bits per heavy atom. The van der Waals surface area contributed by atoms with E-state index in [0.717, 1.165) is 16.6 Å². The minimum atomic E-state index is -1.03. The highest BCUT2D eigenvalue weighted by Crippen LogP contribution is 2.41. The highest BCUT2D eigenvalue weighted by molar-refractivity contribution is 6.08. The van der Waals surface area contributed by atoms with Crippen LogP contribution in [0, 0.1) is 5.92 Å². The van der Waals surface area contributed by atoms with Crippen molar-refractivity contribution in [1.82, 2.24) is 9.55 Å². The first-order chi connectivity index (χ1) is 15.6. The number of methoxy groups -OCH3 is 2. The Morgan fingerprint density at radius 3 is 2.53 bits per heavy atom. The highest BCUT2D eigenvalue weighted by atomic mass is 16.5. The summed E-state index contributed by atoms with van der Waals surface area (Å²) in [6.07, 6.45) is 0.619. The van der Waals surface area contributed by atoms with Gasteiger partial charge in [0.1, 0.15) is 5.75 Å². The van der Waals surface area contributed by atoms with E-state index in [1.807, 2.05) is 53.1 Å². The molecule has 8 nitrogen and oxygen atoms in total. The number of fused-ring (bicyclic) bond motifs is 3. The number of amides is 1. The zero-order chi connectivity index (χ0) is 22.7. The lowest BCUT2D eigenvalue weighted by molar-refractivity contribution is -0.153. The standard InChI is InChI=1S/C24H27N3O5/c1-4-32-23(29)20-21(16-10-12-17(31-3)13-11-16)27-19-9-6-5-8-18(19)25-24(27)26(22(20)28)14-7-15-30-2/h5-6,8-13,20-21H,4,7,14-15H2,1-3H3/t20-,21-/m0/s1. The Hall–Kier alpha value is -3.39. The van der Waals surface area contributed by atoms with Crippen LogP contribution in [0.25, 0.3) is 11.0 Å². The maximum absolute atomic E-state index is 13.7. The van der Waals surface area contributed by atoms with Crippen LogP contribution in [0.15, 0.2) is 48.5 Å². The van der Waals surface area contributed by atoms with E-state index in [2.05, 4.69) is 0 Å². The number of para-hydroxylation sites is 2. The van der Waals surface area contributed by atoms with Crippen molar-refractivity contribution >= 4 is 28.9 Å². The first-order valence-corrected chi connectivity index (χ1v) is 10.7. The zero-order valence-electron chi connectivity index (χ0n) is 18.5. The van der Waals surface area contributed by atoms with E-state index in [1.165, 1.54) is 0 Å². The second-order valence-corrected chi connectivity index (χ2v) is 7.55. The van der Waals surface area contributed by atoms with Gasteiger partial charge in [-0.15, -0.1) is 0 Å². The van der Waals surface area contributed by atoms with Crippen LogP contribution in [-0.4, -0.2) is 55.4 Å². The van der Waals surface area contributed by atoms with Gasteiger partial charge in [-0.2, -0.15) is 0 Å². The zero-order valence-corrected chi connectivity index (χ0v) is 18.5. The third-order valence-corrected chi connectivity index (χ3v) is 5.67. The Morgan fingerprint density at radius 2 is 1.84 bits per heavy atom. The van der Waals surface area contributed by atoms with E-state index in [9.17, 15) is 9.59 Å². The van der Waals surface area contributed by atoms with Crippen molar-refractivity contribution in [3.05, 3.63) is 54.1 Å². The lowest BCUT2D eigenvalue weighted by Crippen LogP contribution is -2.50. The van der Waals surface area contributed by atoms with Crippen LogP contribution in [0.1, 0.15) is 24.9 Å². The summed E-state index contributed by atoms with van der Waals surface area (Å²) in [5.74, 6) is -0.674. The summed E-state index contributed by atoms with van der Waals surface area (Å²) in [6.45, 7) is 2.82. The van der Waals surface area contributed by atoms with Crippen molar-refractivity contribution in [1.29, 1.82) is 0 Å². The molecule has 8 heteroatoms. The molecule has 0 saturated carbocycles.